The lowest BCUT2D eigenvalue weighted by Gasteiger charge is -2.27. The van der Waals surface area contributed by atoms with Gasteiger partial charge in [-0.05, 0) is 12.1 Å². The van der Waals surface area contributed by atoms with E-state index in [1.54, 1.807) is 31.0 Å². The lowest BCUT2D eigenvalue weighted by molar-refractivity contribution is -0.119. The summed E-state index contributed by atoms with van der Waals surface area (Å²) >= 11 is 0. The summed E-state index contributed by atoms with van der Waals surface area (Å²) in [7, 11) is 0. The number of Topliss-reactive ketones (excluding diaryl/α,β-unsaturated/α-hetero) is 1. The molecule has 1 aliphatic rings. The van der Waals surface area contributed by atoms with E-state index in [9.17, 15) is 4.79 Å². The van der Waals surface area contributed by atoms with Gasteiger partial charge in [-0.15, -0.1) is 0 Å². The maximum absolute atomic E-state index is 11.5. The van der Waals surface area contributed by atoms with Gasteiger partial charge in [0.2, 0.25) is 0 Å². The van der Waals surface area contributed by atoms with Crippen LogP contribution < -0.4 is 4.90 Å². The van der Waals surface area contributed by atoms with Crippen LogP contribution in [-0.4, -0.2) is 43.8 Å². The Labute approximate surface area is 144 Å². The fourth-order valence-electron chi connectivity index (χ4n) is 2.78. The van der Waals surface area contributed by atoms with Crippen LogP contribution in [0.25, 0.3) is 22.8 Å². The second kappa shape index (κ2) is 6.72. The molecule has 0 aromatic carbocycles. The average Bonchev–Trinajstić information content (AvgIpc) is 2.69. The Bertz CT molecular complexity index is 817. The number of carbonyl (C=O) groups is 1. The number of hydrogen-bond donors (Lipinski definition) is 0. The van der Waals surface area contributed by atoms with Gasteiger partial charge in [0.15, 0.2) is 5.82 Å². The first-order chi connectivity index (χ1) is 12.3. The van der Waals surface area contributed by atoms with E-state index >= 15 is 0 Å². The monoisotopic (exact) mass is 332 g/mol. The predicted octanol–water partition coefficient (Wildman–Crippen LogP) is 2.16. The van der Waals surface area contributed by atoms with Crippen molar-refractivity contribution >= 4 is 11.6 Å². The Kier molecular flexibility index (Phi) is 4.12. The zero-order valence-electron chi connectivity index (χ0n) is 13.5. The number of hydrogen-bond acceptors (Lipinski definition) is 7. The molecule has 0 spiro atoms. The maximum Gasteiger partial charge on any atom is 0.182 e. The molecule has 25 heavy (non-hydrogen) atoms. The van der Waals surface area contributed by atoms with E-state index in [1.807, 2.05) is 18.2 Å². The minimum Gasteiger partial charge on any atom is -0.356 e. The summed E-state index contributed by atoms with van der Waals surface area (Å²) in [4.78, 5) is 35.4. The highest BCUT2D eigenvalue weighted by Crippen LogP contribution is 2.26. The zero-order valence-corrected chi connectivity index (χ0v) is 13.5. The van der Waals surface area contributed by atoms with Crippen molar-refractivity contribution in [1.29, 1.82) is 0 Å². The fourth-order valence-corrected chi connectivity index (χ4v) is 2.78. The summed E-state index contributed by atoms with van der Waals surface area (Å²) in [5, 5.41) is 0. The van der Waals surface area contributed by atoms with Gasteiger partial charge in [0.05, 0.1) is 11.9 Å². The van der Waals surface area contributed by atoms with Gasteiger partial charge in [0, 0.05) is 62.3 Å². The fraction of sp³-hybridized carbons (Fsp3) is 0.222. The number of aromatic nitrogens is 5. The van der Waals surface area contributed by atoms with E-state index in [1.165, 1.54) is 0 Å². The van der Waals surface area contributed by atoms with Gasteiger partial charge in [-0.2, -0.15) is 0 Å². The minimum absolute atomic E-state index is 0.300. The molecule has 1 saturated heterocycles. The molecule has 1 fully saturated rings. The van der Waals surface area contributed by atoms with Crippen LogP contribution in [0.1, 0.15) is 12.8 Å². The third kappa shape index (κ3) is 3.35. The van der Waals surface area contributed by atoms with Crippen molar-refractivity contribution in [2.75, 3.05) is 18.0 Å². The largest absolute Gasteiger partial charge is 0.356 e. The topological polar surface area (TPSA) is 84.8 Å². The van der Waals surface area contributed by atoms with Crippen molar-refractivity contribution in [3.8, 4) is 22.8 Å². The highest BCUT2D eigenvalue weighted by Gasteiger charge is 2.19. The molecular weight excluding hydrogens is 316 g/mol. The quantitative estimate of drug-likeness (QED) is 0.726. The van der Waals surface area contributed by atoms with Crippen molar-refractivity contribution in [3.05, 3.63) is 49.2 Å². The van der Waals surface area contributed by atoms with E-state index in [4.69, 9.17) is 0 Å². The average molecular weight is 332 g/mol. The molecule has 3 aromatic rings. The first kappa shape index (κ1) is 15.3. The van der Waals surface area contributed by atoms with Crippen LogP contribution in [0.4, 0.5) is 5.82 Å². The summed E-state index contributed by atoms with van der Waals surface area (Å²) in [5.41, 5.74) is 2.37. The van der Waals surface area contributed by atoms with Gasteiger partial charge >= 0.3 is 0 Å². The van der Waals surface area contributed by atoms with Crippen LogP contribution in [0.15, 0.2) is 49.2 Å². The number of carbonyl (C=O) groups excluding carboxylic acids is 1. The molecule has 4 heterocycles. The molecule has 0 atom stereocenters. The van der Waals surface area contributed by atoms with Gasteiger partial charge in [-0.1, -0.05) is 0 Å². The molecule has 4 rings (SSSR count). The van der Waals surface area contributed by atoms with Crippen LogP contribution in [0.3, 0.4) is 0 Å². The molecule has 3 aromatic heterocycles. The number of pyridine rings is 1. The van der Waals surface area contributed by atoms with E-state index in [0.717, 1.165) is 17.1 Å². The molecular formula is C18H16N6O. The molecule has 0 aliphatic carbocycles. The molecule has 7 nitrogen and oxygen atoms in total. The lowest BCUT2D eigenvalue weighted by atomic mass is 10.1. The smallest absolute Gasteiger partial charge is 0.182 e. The maximum atomic E-state index is 11.5. The SMILES string of the molecule is O=C1CCN(c2cc(-c3ccncc3)nc(-c3cnccn3)n2)CC1. The second-order valence-electron chi connectivity index (χ2n) is 5.79. The van der Waals surface area contributed by atoms with Crippen molar-refractivity contribution in [1.82, 2.24) is 24.9 Å². The van der Waals surface area contributed by atoms with Crippen LogP contribution in [0.2, 0.25) is 0 Å². The Balaban J connectivity index is 1.79. The van der Waals surface area contributed by atoms with Gasteiger partial charge in [-0.3, -0.25) is 14.8 Å². The van der Waals surface area contributed by atoms with Crippen LogP contribution in [0.5, 0.6) is 0 Å². The minimum atomic E-state index is 0.300. The van der Waals surface area contributed by atoms with Crippen molar-refractivity contribution in [2.24, 2.45) is 0 Å². The highest BCUT2D eigenvalue weighted by molar-refractivity contribution is 5.81. The Morgan fingerprint density at radius 2 is 1.68 bits per heavy atom. The molecule has 7 heteroatoms. The second-order valence-corrected chi connectivity index (χ2v) is 5.79. The molecule has 0 N–H and O–H groups in total. The summed E-state index contributed by atoms with van der Waals surface area (Å²) in [6.07, 6.45) is 9.46. The summed E-state index contributed by atoms with van der Waals surface area (Å²) in [6, 6.07) is 5.77. The van der Waals surface area contributed by atoms with E-state index in [0.29, 0.717) is 43.2 Å². The van der Waals surface area contributed by atoms with E-state index in [-0.39, 0.29) is 0 Å². The standard InChI is InChI=1S/C18H16N6O/c25-14-3-9-24(10-4-14)17-11-15(13-1-5-19-6-2-13)22-18(23-17)16-12-20-7-8-21-16/h1-2,5-8,11-12H,3-4,9-10H2. The molecule has 0 unspecified atom stereocenters. The number of rotatable bonds is 3. The summed E-state index contributed by atoms with van der Waals surface area (Å²) in [6.45, 7) is 1.34. The van der Waals surface area contributed by atoms with Crippen LogP contribution in [0, 0.1) is 0 Å². The third-order valence-corrected chi connectivity index (χ3v) is 4.13. The first-order valence-corrected chi connectivity index (χ1v) is 8.12. The van der Waals surface area contributed by atoms with E-state index in [2.05, 4.69) is 29.8 Å². The molecule has 0 radical (unpaired) electrons. The number of nitrogens with zero attached hydrogens (tertiary/aromatic N) is 6. The molecule has 0 bridgehead atoms. The van der Waals surface area contributed by atoms with Crippen molar-refractivity contribution < 1.29 is 4.79 Å². The number of anilines is 1. The number of ketones is 1. The predicted molar refractivity (Wildman–Crippen MR) is 92.7 cm³/mol. The molecule has 0 amide bonds. The molecule has 1 aliphatic heterocycles. The van der Waals surface area contributed by atoms with Crippen molar-refractivity contribution in [2.45, 2.75) is 12.8 Å². The molecule has 0 saturated carbocycles. The van der Waals surface area contributed by atoms with Gasteiger partial charge in [0.1, 0.15) is 17.3 Å². The van der Waals surface area contributed by atoms with Crippen molar-refractivity contribution in [3.63, 3.8) is 0 Å². The van der Waals surface area contributed by atoms with Gasteiger partial charge in [0.25, 0.3) is 0 Å². The van der Waals surface area contributed by atoms with Gasteiger partial charge < -0.3 is 4.90 Å². The summed E-state index contributed by atoms with van der Waals surface area (Å²) in [5.74, 6) is 1.62. The first-order valence-electron chi connectivity index (χ1n) is 8.12. The van der Waals surface area contributed by atoms with Crippen LogP contribution in [-0.2, 0) is 4.79 Å². The Hall–Kier alpha value is -3.22. The van der Waals surface area contributed by atoms with E-state index < -0.39 is 0 Å². The van der Waals surface area contributed by atoms with Gasteiger partial charge in [-0.25, -0.2) is 15.0 Å². The normalized spacial score (nSPS) is 14.6. The molecule has 124 valence electrons. The summed E-state index contributed by atoms with van der Waals surface area (Å²) < 4.78 is 0. The third-order valence-electron chi connectivity index (χ3n) is 4.13. The highest BCUT2D eigenvalue weighted by atomic mass is 16.1. The number of piperidine rings is 1. The van der Waals surface area contributed by atoms with Crippen LogP contribution >= 0.6 is 0 Å². The zero-order chi connectivity index (χ0) is 17.1. The lowest BCUT2D eigenvalue weighted by Crippen LogP contribution is -2.34. The Morgan fingerprint density at radius 1 is 0.880 bits per heavy atom. The Morgan fingerprint density at radius 3 is 2.40 bits per heavy atom.